The van der Waals surface area contributed by atoms with Crippen LogP contribution in [-0.4, -0.2) is 47.1 Å². The van der Waals surface area contributed by atoms with Crippen LogP contribution in [0.4, 0.5) is 0 Å². The van der Waals surface area contributed by atoms with Gasteiger partial charge >= 0.3 is 0 Å². The summed E-state index contributed by atoms with van der Waals surface area (Å²) >= 11 is 0. The number of aromatic nitrogens is 2. The maximum Gasteiger partial charge on any atom is 0.226 e. The van der Waals surface area contributed by atoms with Gasteiger partial charge in [-0.2, -0.15) is 0 Å². The standard InChI is InChI=1S/C17H23N3O2/c1-12-18-15-7-6-13(9-16(15)19-12)10-17(21)20(2)11-14-5-3-4-8-22-14/h6-7,9,14H,3-5,8,10-11H2,1-2H3,(H,18,19)/t14-/m0/s1. The van der Waals surface area contributed by atoms with Gasteiger partial charge in [-0.1, -0.05) is 6.07 Å². The van der Waals surface area contributed by atoms with Crippen LogP contribution in [0.3, 0.4) is 0 Å². The number of imidazole rings is 1. The molecule has 118 valence electrons. The molecule has 1 amide bonds. The topological polar surface area (TPSA) is 58.2 Å². The fraction of sp³-hybridized carbons (Fsp3) is 0.529. The number of benzene rings is 1. The Bertz CT molecular complexity index is 659. The Kier molecular flexibility index (Phi) is 4.43. The van der Waals surface area contributed by atoms with Crippen molar-refractivity contribution in [3.8, 4) is 0 Å². The molecule has 22 heavy (non-hydrogen) atoms. The average molecular weight is 301 g/mol. The molecule has 1 saturated heterocycles. The molecular weight excluding hydrogens is 278 g/mol. The first-order chi connectivity index (χ1) is 10.6. The van der Waals surface area contributed by atoms with E-state index in [1.165, 1.54) is 6.42 Å². The first-order valence-corrected chi connectivity index (χ1v) is 7.92. The lowest BCUT2D eigenvalue weighted by Gasteiger charge is -2.27. The average Bonchev–Trinajstić information content (AvgIpc) is 2.87. The number of aryl methyl sites for hydroxylation is 1. The van der Waals surface area contributed by atoms with Crippen molar-refractivity contribution >= 4 is 16.9 Å². The van der Waals surface area contributed by atoms with E-state index in [0.29, 0.717) is 13.0 Å². The molecule has 0 radical (unpaired) electrons. The molecule has 2 aromatic rings. The summed E-state index contributed by atoms with van der Waals surface area (Å²) in [5.74, 6) is 1.02. The van der Waals surface area contributed by atoms with E-state index in [-0.39, 0.29) is 12.0 Å². The van der Waals surface area contributed by atoms with Gasteiger partial charge < -0.3 is 14.6 Å². The number of H-pyrrole nitrogens is 1. The summed E-state index contributed by atoms with van der Waals surface area (Å²) in [5.41, 5.74) is 2.94. The van der Waals surface area contributed by atoms with Gasteiger partial charge in [-0.25, -0.2) is 4.98 Å². The maximum absolute atomic E-state index is 12.4. The minimum Gasteiger partial charge on any atom is -0.376 e. The van der Waals surface area contributed by atoms with Gasteiger partial charge in [-0.3, -0.25) is 4.79 Å². The summed E-state index contributed by atoms with van der Waals surface area (Å²) in [7, 11) is 1.86. The molecule has 2 heterocycles. The Morgan fingerprint density at radius 1 is 1.45 bits per heavy atom. The van der Waals surface area contributed by atoms with Crippen LogP contribution in [0.1, 0.15) is 30.7 Å². The lowest BCUT2D eigenvalue weighted by Crippen LogP contribution is -2.37. The second kappa shape index (κ2) is 6.48. The number of likely N-dealkylation sites (N-methyl/N-ethyl adjacent to an activating group) is 1. The summed E-state index contributed by atoms with van der Waals surface area (Å²) in [4.78, 5) is 21.8. The molecule has 0 unspecified atom stereocenters. The quantitative estimate of drug-likeness (QED) is 0.943. The number of nitrogens with zero attached hydrogens (tertiary/aromatic N) is 2. The van der Waals surface area contributed by atoms with Gasteiger partial charge in [-0.15, -0.1) is 0 Å². The van der Waals surface area contributed by atoms with Crippen LogP contribution in [-0.2, 0) is 16.0 Å². The van der Waals surface area contributed by atoms with Crippen molar-refractivity contribution in [3.05, 3.63) is 29.6 Å². The molecule has 0 saturated carbocycles. The van der Waals surface area contributed by atoms with Gasteiger partial charge in [0.2, 0.25) is 5.91 Å². The number of aromatic amines is 1. The third-order valence-electron chi connectivity index (χ3n) is 4.20. The van der Waals surface area contributed by atoms with E-state index in [2.05, 4.69) is 9.97 Å². The molecule has 0 bridgehead atoms. The highest BCUT2D eigenvalue weighted by Gasteiger charge is 2.19. The molecule has 1 aliphatic heterocycles. The number of amides is 1. The number of rotatable bonds is 4. The van der Waals surface area contributed by atoms with Crippen molar-refractivity contribution in [2.75, 3.05) is 20.2 Å². The largest absolute Gasteiger partial charge is 0.376 e. The predicted octanol–water partition coefficient (Wildman–Crippen LogP) is 2.44. The van der Waals surface area contributed by atoms with Gasteiger partial charge in [0.15, 0.2) is 0 Å². The molecule has 1 fully saturated rings. The van der Waals surface area contributed by atoms with Crippen LogP contribution >= 0.6 is 0 Å². The molecule has 0 spiro atoms. The highest BCUT2D eigenvalue weighted by atomic mass is 16.5. The molecule has 5 nitrogen and oxygen atoms in total. The third kappa shape index (κ3) is 3.47. The van der Waals surface area contributed by atoms with E-state index in [1.54, 1.807) is 4.90 Å². The third-order valence-corrected chi connectivity index (χ3v) is 4.20. The van der Waals surface area contributed by atoms with Crippen LogP contribution in [0.2, 0.25) is 0 Å². The summed E-state index contributed by atoms with van der Waals surface area (Å²) in [6.45, 7) is 3.44. The van der Waals surface area contributed by atoms with Crippen molar-refractivity contribution < 1.29 is 9.53 Å². The second-order valence-corrected chi connectivity index (χ2v) is 6.11. The molecule has 0 aliphatic carbocycles. The first kappa shape index (κ1) is 15.0. The van der Waals surface area contributed by atoms with Gasteiger partial charge in [-0.05, 0) is 43.9 Å². The highest BCUT2D eigenvalue weighted by molar-refractivity contribution is 5.81. The number of nitrogens with one attached hydrogen (secondary N) is 1. The number of fused-ring (bicyclic) bond motifs is 1. The van der Waals surface area contributed by atoms with Crippen molar-refractivity contribution in [2.45, 2.75) is 38.7 Å². The zero-order chi connectivity index (χ0) is 15.5. The number of hydrogen-bond donors (Lipinski definition) is 1. The number of ether oxygens (including phenoxy) is 1. The summed E-state index contributed by atoms with van der Waals surface area (Å²) < 4.78 is 5.70. The summed E-state index contributed by atoms with van der Waals surface area (Å²) in [5, 5.41) is 0. The van der Waals surface area contributed by atoms with Crippen LogP contribution in [0.15, 0.2) is 18.2 Å². The first-order valence-electron chi connectivity index (χ1n) is 7.92. The van der Waals surface area contributed by atoms with E-state index in [9.17, 15) is 4.79 Å². The zero-order valence-corrected chi connectivity index (χ0v) is 13.3. The van der Waals surface area contributed by atoms with E-state index in [1.807, 2.05) is 32.2 Å². The van der Waals surface area contributed by atoms with Crippen LogP contribution < -0.4 is 0 Å². The molecule has 3 rings (SSSR count). The minimum absolute atomic E-state index is 0.129. The van der Waals surface area contributed by atoms with Gasteiger partial charge in [0.25, 0.3) is 0 Å². The Morgan fingerprint density at radius 3 is 3.09 bits per heavy atom. The van der Waals surface area contributed by atoms with E-state index in [4.69, 9.17) is 4.74 Å². The monoisotopic (exact) mass is 301 g/mol. The molecule has 1 N–H and O–H groups in total. The lowest BCUT2D eigenvalue weighted by molar-refractivity contribution is -0.131. The molecule has 1 aliphatic rings. The Morgan fingerprint density at radius 2 is 2.32 bits per heavy atom. The molecule has 1 atom stereocenters. The van der Waals surface area contributed by atoms with E-state index < -0.39 is 0 Å². The van der Waals surface area contributed by atoms with E-state index >= 15 is 0 Å². The van der Waals surface area contributed by atoms with Gasteiger partial charge in [0.1, 0.15) is 5.82 Å². The van der Waals surface area contributed by atoms with Gasteiger partial charge in [0.05, 0.1) is 23.6 Å². The molecular formula is C17H23N3O2. The Labute approximate surface area is 130 Å². The zero-order valence-electron chi connectivity index (χ0n) is 13.3. The Balaban J connectivity index is 1.61. The Hall–Kier alpha value is -1.88. The molecule has 1 aromatic carbocycles. The number of carbonyl (C=O) groups excluding carboxylic acids is 1. The fourth-order valence-corrected chi connectivity index (χ4v) is 2.96. The number of hydrogen-bond acceptors (Lipinski definition) is 3. The van der Waals surface area contributed by atoms with Crippen LogP contribution in [0.5, 0.6) is 0 Å². The fourth-order valence-electron chi connectivity index (χ4n) is 2.96. The van der Waals surface area contributed by atoms with Crippen molar-refractivity contribution in [3.63, 3.8) is 0 Å². The van der Waals surface area contributed by atoms with E-state index in [0.717, 1.165) is 41.9 Å². The predicted molar refractivity (Wildman–Crippen MR) is 85.8 cm³/mol. The molecule has 1 aromatic heterocycles. The highest BCUT2D eigenvalue weighted by Crippen LogP contribution is 2.16. The second-order valence-electron chi connectivity index (χ2n) is 6.11. The van der Waals surface area contributed by atoms with Crippen molar-refractivity contribution in [1.82, 2.24) is 14.9 Å². The lowest BCUT2D eigenvalue weighted by atomic mass is 10.1. The van der Waals surface area contributed by atoms with Crippen LogP contribution in [0.25, 0.3) is 11.0 Å². The SMILES string of the molecule is Cc1nc2ccc(CC(=O)N(C)C[C@@H]3CCCCO3)cc2[nH]1. The van der Waals surface area contributed by atoms with Crippen molar-refractivity contribution in [1.29, 1.82) is 0 Å². The minimum atomic E-state index is 0.129. The normalized spacial score (nSPS) is 18.5. The van der Waals surface area contributed by atoms with Crippen molar-refractivity contribution in [2.24, 2.45) is 0 Å². The smallest absolute Gasteiger partial charge is 0.226 e. The summed E-state index contributed by atoms with van der Waals surface area (Å²) in [6.07, 6.45) is 3.99. The summed E-state index contributed by atoms with van der Waals surface area (Å²) in [6, 6.07) is 5.95. The maximum atomic E-state index is 12.4. The van der Waals surface area contributed by atoms with Crippen LogP contribution in [0, 0.1) is 6.92 Å². The molecule has 5 heteroatoms. The van der Waals surface area contributed by atoms with Gasteiger partial charge in [0, 0.05) is 20.2 Å². The number of carbonyl (C=O) groups is 1.